The molecule has 0 fully saturated rings. The molecule has 7 heteroatoms. The highest BCUT2D eigenvalue weighted by molar-refractivity contribution is 5.82. The molecule has 3 aromatic rings. The Hall–Kier alpha value is -2.93. The van der Waals surface area contributed by atoms with E-state index in [0.717, 1.165) is 28.3 Å². The Bertz CT molecular complexity index is 926. The lowest BCUT2D eigenvalue weighted by molar-refractivity contribution is -0.144. The molecule has 0 radical (unpaired) electrons. The van der Waals surface area contributed by atoms with Crippen LogP contribution in [0.4, 0.5) is 0 Å². The summed E-state index contributed by atoms with van der Waals surface area (Å²) in [5.74, 6) is -0.101. The summed E-state index contributed by atoms with van der Waals surface area (Å²) >= 11 is 0. The van der Waals surface area contributed by atoms with Gasteiger partial charge >= 0.3 is 0 Å². The summed E-state index contributed by atoms with van der Waals surface area (Å²) in [7, 11) is 5.35. The van der Waals surface area contributed by atoms with E-state index in [1.807, 2.05) is 79.8 Å². The number of ether oxygens (including phenoxy) is 1. The summed E-state index contributed by atoms with van der Waals surface area (Å²) in [5.41, 5.74) is 4.60. The van der Waals surface area contributed by atoms with Crippen molar-refractivity contribution in [2.75, 3.05) is 7.11 Å². The lowest BCUT2D eigenvalue weighted by Gasteiger charge is -2.26. The van der Waals surface area contributed by atoms with E-state index in [1.165, 1.54) is 0 Å². The maximum atomic E-state index is 13.4. The van der Waals surface area contributed by atoms with Crippen LogP contribution in [-0.2, 0) is 36.7 Å². The third-order valence-corrected chi connectivity index (χ3v) is 4.84. The minimum Gasteiger partial charge on any atom is -0.367 e. The summed E-state index contributed by atoms with van der Waals surface area (Å²) in [6, 6.07) is 13.5. The number of nitrogens with zero attached hydrogens (tertiary/aromatic N) is 5. The molecule has 1 aromatic carbocycles. The van der Waals surface area contributed by atoms with Crippen molar-refractivity contribution in [1.29, 1.82) is 0 Å². The van der Waals surface area contributed by atoms with Crippen LogP contribution >= 0.6 is 0 Å². The summed E-state index contributed by atoms with van der Waals surface area (Å²) in [6.07, 6.45) is -0.666. The molecule has 0 unspecified atom stereocenters. The zero-order valence-electron chi connectivity index (χ0n) is 17.1. The Morgan fingerprint density at radius 1 is 1.07 bits per heavy atom. The van der Waals surface area contributed by atoms with E-state index in [9.17, 15) is 4.79 Å². The zero-order valence-corrected chi connectivity index (χ0v) is 17.1. The van der Waals surface area contributed by atoms with Gasteiger partial charge in [0.2, 0.25) is 0 Å². The standard InChI is InChI=1S/C21H27N5O2/c1-15-11-19(25(4)22-15)14-26(13-18-12-16(2)24(3)23-18)21(27)20(28-5)17-9-7-6-8-10-17/h6-12,20H,13-14H2,1-5H3/t20-/m1/s1. The summed E-state index contributed by atoms with van der Waals surface area (Å²) in [4.78, 5) is 15.2. The number of amides is 1. The molecule has 0 aliphatic heterocycles. The third-order valence-electron chi connectivity index (χ3n) is 4.84. The fraction of sp³-hybridized carbons (Fsp3) is 0.381. The first-order valence-corrected chi connectivity index (χ1v) is 9.24. The van der Waals surface area contributed by atoms with Gasteiger partial charge in [-0.2, -0.15) is 10.2 Å². The minimum absolute atomic E-state index is 0.101. The fourth-order valence-electron chi connectivity index (χ4n) is 3.30. The van der Waals surface area contributed by atoms with Crippen LogP contribution in [-0.4, -0.2) is 37.5 Å². The molecule has 0 bridgehead atoms. The van der Waals surface area contributed by atoms with Crippen molar-refractivity contribution in [1.82, 2.24) is 24.5 Å². The zero-order chi connectivity index (χ0) is 20.3. The normalized spacial score (nSPS) is 12.2. The van der Waals surface area contributed by atoms with E-state index in [2.05, 4.69) is 10.2 Å². The van der Waals surface area contributed by atoms with E-state index in [4.69, 9.17) is 4.74 Å². The van der Waals surface area contributed by atoms with Gasteiger partial charge in [-0.25, -0.2) is 0 Å². The number of rotatable bonds is 7. The van der Waals surface area contributed by atoms with Crippen molar-refractivity contribution < 1.29 is 9.53 Å². The quantitative estimate of drug-likeness (QED) is 0.631. The Balaban J connectivity index is 1.91. The molecular weight excluding hydrogens is 354 g/mol. The first-order valence-electron chi connectivity index (χ1n) is 9.24. The van der Waals surface area contributed by atoms with Crippen LogP contribution < -0.4 is 0 Å². The van der Waals surface area contributed by atoms with Crippen LogP contribution in [0.25, 0.3) is 0 Å². The number of carbonyl (C=O) groups excluding carboxylic acids is 1. The molecule has 0 aliphatic rings. The smallest absolute Gasteiger partial charge is 0.257 e. The second-order valence-electron chi connectivity index (χ2n) is 7.02. The van der Waals surface area contributed by atoms with E-state index < -0.39 is 6.10 Å². The van der Waals surface area contributed by atoms with Gasteiger partial charge in [0.25, 0.3) is 5.91 Å². The average Bonchev–Trinajstić information content (AvgIpc) is 3.15. The highest BCUT2D eigenvalue weighted by Gasteiger charge is 2.27. The SMILES string of the molecule is CO[C@@H](C(=O)N(Cc1cc(C)n(C)n1)Cc1cc(C)nn1C)c1ccccc1. The van der Waals surface area contributed by atoms with Crippen LogP contribution in [0.1, 0.15) is 34.4 Å². The van der Waals surface area contributed by atoms with Gasteiger partial charge in [0.15, 0.2) is 6.10 Å². The molecule has 148 valence electrons. The van der Waals surface area contributed by atoms with E-state index >= 15 is 0 Å². The van der Waals surface area contributed by atoms with Crippen LogP contribution in [0.5, 0.6) is 0 Å². The molecule has 2 heterocycles. The number of carbonyl (C=O) groups is 1. The molecule has 3 rings (SSSR count). The van der Waals surface area contributed by atoms with Gasteiger partial charge in [-0.1, -0.05) is 30.3 Å². The monoisotopic (exact) mass is 381 g/mol. The van der Waals surface area contributed by atoms with Crippen LogP contribution in [0.15, 0.2) is 42.5 Å². The second kappa shape index (κ2) is 8.39. The lowest BCUT2D eigenvalue weighted by Crippen LogP contribution is -2.35. The van der Waals surface area contributed by atoms with Gasteiger partial charge in [0.1, 0.15) is 0 Å². The van der Waals surface area contributed by atoms with Crippen LogP contribution in [0, 0.1) is 13.8 Å². The molecule has 0 saturated heterocycles. The summed E-state index contributed by atoms with van der Waals surface area (Å²) < 4.78 is 9.21. The lowest BCUT2D eigenvalue weighted by atomic mass is 10.1. The maximum absolute atomic E-state index is 13.4. The Labute approximate surface area is 165 Å². The fourth-order valence-corrected chi connectivity index (χ4v) is 3.30. The van der Waals surface area contributed by atoms with E-state index in [0.29, 0.717) is 13.1 Å². The third kappa shape index (κ3) is 4.31. The second-order valence-corrected chi connectivity index (χ2v) is 7.02. The number of hydrogen-bond donors (Lipinski definition) is 0. The molecule has 7 nitrogen and oxygen atoms in total. The minimum atomic E-state index is -0.666. The van der Waals surface area contributed by atoms with Crippen molar-refractivity contribution in [2.45, 2.75) is 33.0 Å². The molecule has 2 aromatic heterocycles. The Morgan fingerprint density at radius 3 is 2.32 bits per heavy atom. The van der Waals surface area contributed by atoms with Crippen molar-refractivity contribution in [2.24, 2.45) is 14.1 Å². The van der Waals surface area contributed by atoms with Gasteiger partial charge in [-0.15, -0.1) is 0 Å². The van der Waals surface area contributed by atoms with Crippen molar-refractivity contribution in [3.8, 4) is 0 Å². The largest absolute Gasteiger partial charge is 0.367 e. The average molecular weight is 381 g/mol. The topological polar surface area (TPSA) is 65.2 Å². The Kier molecular flexibility index (Phi) is 5.94. The molecule has 1 atom stereocenters. The van der Waals surface area contributed by atoms with Gasteiger partial charge in [0.05, 0.1) is 30.2 Å². The molecule has 0 aliphatic carbocycles. The van der Waals surface area contributed by atoms with Crippen molar-refractivity contribution in [3.63, 3.8) is 0 Å². The number of benzene rings is 1. The number of hydrogen-bond acceptors (Lipinski definition) is 4. The molecule has 1 amide bonds. The first-order chi connectivity index (χ1) is 13.4. The molecule has 0 saturated carbocycles. The number of methoxy groups -OCH3 is 1. The molecule has 0 spiro atoms. The highest BCUT2D eigenvalue weighted by Crippen LogP contribution is 2.22. The van der Waals surface area contributed by atoms with Crippen molar-refractivity contribution in [3.05, 3.63) is 70.8 Å². The Morgan fingerprint density at radius 2 is 1.79 bits per heavy atom. The summed E-state index contributed by atoms with van der Waals surface area (Å²) in [5, 5.41) is 8.92. The summed E-state index contributed by atoms with van der Waals surface area (Å²) in [6.45, 7) is 4.77. The van der Waals surface area contributed by atoms with Crippen LogP contribution in [0.2, 0.25) is 0 Å². The van der Waals surface area contributed by atoms with E-state index in [1.54, 1.807) is 12.0 Å². The van der Waals surface area contributed by atoms with Gasteiger partial charge < -0.3 is 9.64 Å². The predicted molar refractivity (Wildman–Crippen MR) is 106 cm³/mol. The highest BCUT2D eigenvalue weighted by atomic mass is 16.5. The first kappa shape index (κ1) is 19.8. The number of aryl methyl sites for hydroxylation is 4. The molecule has 0 N–H and O–H groups in total. The van der Waals surface area contributed by atoms with Gasteiger partial charge in [-0.3, -0.25) is 14.2 Å². The molecule has 28 heavy (non-hydrogen) atoms. The van der Waals surface area contributed by atoms with Crippen LogP contribution in [0.3, 0.4) is 0 Å². The number of aromatic nitrogens is 4. The maximum Gasteiger partial charge on any atom is 0.257 e. The van der Waals surface area contributed by atoms with Gasteiger partial charge in [0, 0.05) is 26.9 Å². The van der Waals surface area contributed by atoms with Gasteiger partial charge in [-0.05, 0) is 31.5 Å². The van der Waals surface area contributed by atoms with E-state index in [-0.39, 0.29) is 5.91 Å². The van der Waals surface area contributed by atoms with Crippen molar-refractivity contribution >= 4 is 5.91 Å². The predicted octanol–water partition coefficient (Wildman–Crippen LogP) is 2.69. The molecular formula is C21H27N5O2.